The molecule has 0 fully saturated rings. The molecule has 0 radical (unpaired) electrons. The third-order valence-electron chi connectivity index (χ3n) is 2.59. The minimum Gasteiger partial charge on any atom is -0.383 e. The van der Waals surface area contributed by atoms with E-state index in [-0.39, 0.29) is 16.8 Å². The average molecular weight is 336 g/mol. The minimum absolute atomic E-state index is 0.0112. The number of nitrogens with one attached hydrogen (secondary N) is 1. The van der Waals surface area contributed by atoms with Gasteiger partial charge in [0.25, 0.3) is 0 Å². The number of nitrogens with zero attached hydrogens (tertiary/aromatic N) is 1. The number of nitrogen functional groups attached to an aromatic ring is 1. The van der Waals surface area contributed by atoms with Crippen molar-refractivity contribution < 1.29 is 8.42 Å². The summed E-state index contributed by atoms with van der Waals surface area (Å²) in [4.78, 5) is 3.86. The van der Waals surface area contributed by atoms with E-state index >= 15 is 0 Å². The van der Waals surface area contributed by atoms with Crippen LogP contribution in [0.1, 0.15) is 33.1 Å². The quantitative estimate of drug-likeness (QED) is 0.835. The number of pyridine rings is 1. The lowest BCUT2D eigenvalue weighted by Gasteiger charge is -2.16. The molecule has 0 amide bonds. The molecule has 0 spiro atoms. The second-order valence-electron chi connectivity index (χ2n) is 4.05. The first-order valence-corrected chi connectivity index (χ1v) is 8.11. The summed E-state index contributed by atoms with van der Waals surface area (Å²) in [6.07, 6.45) is 3.94. The van der Waals surface area contributed by atoms with E-state index in [1.54, 1.807) is 0 Å². The maximum atomic E-state index is 12.2. The smallest absolute Gasteiger partial charge is 0.244 e. The highest BCUT2D eigenvalue weighted by atomic mass is 79.9. The molecule has 0 aliphatic rings. The SMILES string of the molecule is CCCC(CC)NS(=O)(=O)c1cc(Br)cnc1N. The van der Waals surface area contributed by atoms with Crippen LogP contribution in [0.3, 0.4) is 0 Å². The molecule has 0 saturated heterocycles. The largest absolute Gasteiger partial charge is 0.383 e. The predicted molar refractivity (Wildman–Crippen MR) is 75.7 cm³/mol. The molecule has 1 rings (SSSR count). The fourth-order valence-corrected chi connectivity index (χ4v) is 3.57. The van der Waals surface area contributed by atoms with Crippen molar-refractivity contribution in [2.75, 3.05) is 5.73 Å². The Morgan fingerprint density at radius 1 is 1.50 bits per heavy atom. The molecule has 1 unspecified atom stereocenters. The lowest BCUT2D eigenvalue weighted by atomic mass is 10.1. The van der Waals surface area contributed by atoms with Crippen LogP contribution in [0.2, 0.25) is 0 Å². The molecule has 0 aliphatic carbocycles. The Balaban J connectivity index is 3.02. The molecule has 1 aromatic heterocycles. The molecule has 1 atom stereocenters. The van der Waals surface area contributed by atoms with E-state index in [4.69, 9.17) is 5.73 Å². The third-order valence-corrected chi connectivity index (χ3v) is 4.57. The average Bonchev–Trinajstić information content (AvgIpc) is 2.31. The van der Waals surface area contributed by atoms with Gasteiger partial charge in [0, 0.05) is 16.7 Å². The molecular weight excluding hydrogens is 318 g/mol. The van der Waals surface area contributed by atoms with Crippen molar-refractivity contribution in [3.05, 3.63) is 16.7 Å². The molecule has 1 aromatic rings. The van der Waals surface area contributed by atoms with Crippen molar-refractivity contribution in [3.63, 3.8) is 0 Å². The van der Waals surface area contributed by atoms with Gasteiger partial charge in [-0.1, -0.05) is 20.3 Å². The number of halogens is 1. The molecule has 3 N–H and O–H groups in total. The van der Waals surface area contributed by atoms with Gasteiger partial charge in [0.1, 0.15) is 10.7 Å². The van der Waals surface area contributed by atoms with Gasteiger partial charge in [-0.15, -0.1) is 0 Å². The van der Waals surface area contributed by atoms with E-state index in [9.17, 15) is 8.42 Å². The van der Waals surface area contributed by atoms with Crippen molar-refractivity contribution in [1.82, 2.24) is 9.71 Å². The minimum atomic E-state index is -3.61. The van der Waals surface area contributed by atoms with Gasteiger partial charge in [0.15, 0.2) is 0 Å². The van der Waals surface area contributed by atoms with E-state index in [0.717, 1.165) is 19.3 Å². The fraction of sp³-hybridized carbons (Fsp3) is 0.545. The Kier molecular flexibility index (Phi) is 5.55. The number of hydrogen-bond donors (Lipinski definition) is 2. The number of nitrogens with two attached hydrogens (primary N) is 1. The summed E-state index contributed by atoms with van der Waals surface area (Å²) in [7, 11) is -3.61. The van der Waals surface area contributed by atoms with Crippen LogP contribution in [0.25, 0.3) is 0 Å². The second kappa shape index (κ2) is 6.49. The van der Waals surface area contributed by atoms with Crippen LogP contribution >= 0.6 is 15.9 Å². The summed E-state index contributed by atoms with van der Waals surface area (Å²) in [5.41, 5.74) is 5.62. The van der Waals surface area contributed by atoms with Gasteiger partial charge < -0.3 is 5.73 Å². The maximum Gasteiger partial charge on any atom is 0.244 e. The first kappa shape index (κ1) is 15.4. The van der Waals surface area contributed by atoms with E-state index in [1.165, 1.54) is 12.3 Å². The Hall–Kier alpha value is -0.660. The molecule has 7 heteroatoms. The number of hydrogen-bond acceptors (Lipinski definition) is 4. The highest BCUT2D eigenvalue weighted by Crippen LogP contribution is 2.21. The maximum absolute atomic E-state index is 12.2. The summed E-state index contributed by atoms with van der Waals surface area (Å²) < 4.78 is 27.6. The molecule has 0 saturated carbocycles. The van der Waals surface area contributed by atoms with Gasteiger partial charge in [0.2, 0.25) is 10.0 Å². The zero-order valence-corrected chi connectivity index (χ0v) is 12.9. The van der Waals surface area contributed by atoms with Gasteiger partial charge in [-0.25, -0.2) is 18.1 Å². The summed E-state index contributed by atoms with van der Waals surface area (Å²) in [5.74, 6) is 0.0112. The normalized spacial score (nSPS) is 13.5. The van der Waals surface area contributed by atoms with Gasteiger partial charge in [0.05, 0.1) is 0 Å². The molecule has 0 aliphatic heterocycles. The Morgan fingerprint density at radius 3 is 2.72 bits per heavy atom. The van der Waals surface area contributed by atoms with Gasteiger partial charge >= 0.3 is 0 Å². The van der Waals surface area contributed by atoms with E-state index in [2.05, 4.69) is 25.6 Å². The Morgan fingerprint density at radius 2 is 2.17 bits per heavy atom. The fourth-order valence-electron chi connectivity index (χ4n) is 1.62. The van der Waals surface area contributed by atoms with Crippen LogP contribution in [0.5, 0.6) is 0 Å². The van der Waals surface area contributed by atoms with Crippen LogP contribution < -0.4 is 10.5 Å². The lowest BCUT2D eigenvalue weighted by molar-refractivity contribution is 0.512. The van der Waals surface area contributed by atoms with E-state index in [1.807, 2.05) is 13.8 Å². The van der Waals surface area contributed by atoms with Gasteiger partial charge in [-0.3, -0.25) is 0 Å². The molecule has 1 heterocycles. The molecule has 102 valence electrons. The van der Waals surface area contributed by atoms with Crippen LogP contribution in [0.4, 0.5) is 5.82 Å². The number of aromatic nitrogens is 1. The zero-order chi connectivity index (χ0) is 13.8. The Bertz CT molecular complexity index is 505. The molecule has 0 bridgehead atoms. The van der Waals surface area contributed by atoms with Crippen molar-refractivity contribution >= 4 is 31.8 Å². The van der Waals surface area contributed by atoms with Crippen molar-refractivity contribution in [3.8, 4) is 0 Å². The van der Waals surface area contributed by atoms with Crippen LogP contribution in [-0.2, 0) is 10.0 Å². The lowest BCUT2D eigenvalue weighted by Crippen LogP contribution is -2.34. The van der Waals surface area contributed by atoms with Crippen LogP contribution in [0, 0.1) is 0 Å². The van der Waals surface area contributed by atoms with Crippen molar-refractivity contribution in [2.24, 2.45) is 0 Å². The van der Waals surface area contributed by atoms with Crippen molar-refractivity contribution in [2.45, 2.75) is 44.0 Å². The summed E-state index contributed by atoms with van der Waals surface area (Å²) in [6, 6.07) is 1.39. The molecule has 0 aromatic carbocycles. The number of sulfonamides is 1. The van der Waals surface area contributed by atoms with Crippen LogP contribution in [-0.4, -0.2) is 19.4 Å². The van der Waals surface area contributed by atoms with Gasteiger partial charge in [-0.05, 0) is 34.8 Å². The predicted octanol–water partition coefficient (Wildman–Crippen LogP) is 2.28. The zero-order valence-electron chi connectivity index (χ0n) is 10.5. The van der Waals surface area contributed by atoms with E-state index < -0.39 is 10.0 Å². The monoisotopic (exact) mass is 335 g/mol. The molecule has 5 nitrogen and oxygen atoms in total. The standard InChI is InChI=1S/C11H18BrN3O2S/c1-3-5-9(4-2)15-18(16,17)10-6-8(12)7-14-11(10)13/h6-7,9,15H,3-5H2,1-2H3,(H2,13,14). The van der Waals surface area contributed by atoms with Crippen LogP contribution in [0.15, 0.2) is 21.6 Å². The number of anilines is 1. The van der Waals surface area contributed by atoms with E-state index in [0.29, 0.717) is 4.47 Å². The topological polar surface area (TPSA) is 85.1 Å². The molecule has 18 heavy (non-hydrogen) atoms. The summed E-state index contributed by atoms with van der Waals surface area (Å²) in [6.45, 7) is 3.97. The summed E-state index contributed by atoms with van der Waals surface area (Å²) in [5, 5.41) is 0. The number of rotatable bonds is 6. The second-order valence-corrected chi connectivity index (χ2v) is 6.65. The third kappa shape index (κ3) is 3.93. The highest BCUT2D eigenvalue weighted by Gasteiger charge is 2.22. The van der Waals surface area contributed by atoms with Gasteiger partial charge in [-0.2, -0.15) is 0 Å². The molecular formula is C11H18BrN3O2S. The Labute approximate surface area is 116 Å². The first-order valence-electron chi connectivity index (χ1n) is 5.84. The van der Waals surface area contributed by atoms with Crippen molar-refractivity contribution in [1.29, 1.82) is 0 Å². The first-order chi connectivity index (χ1) is 8.40. The highest BCUT2D eigenvalue weighted by molar-refractivity contribution is 9.10. The summed E-state index contributed by atoms with van der Waals surface area (Å²) >= 11 is 3.19.